The highest BCUT2D eigenvalue weighted by molar-refractivity contribution is 5.13. The molecule has 1 aromatic heterocycles. The molecule has 0 radical (unpaired) electrons. The van der Waals surface area contributed by atoms with E-state index in [4.69, 9.17) is 10.2 Å². The van der Waals surface area contributed by atoms with Gasteiger partial charge >= 0.3 is 0 Å². The highest BCUT2D eigenvalue weighted by atomic mass is 16.3. The first kappa shape index (κ1) is 12.7. The standard InChI is InChI=1S/C14H24N2O/c1-4-11-6-7-13(17-11)12(10-15)16-9-5-8-14(16,2)3/h6-7,12H,4-5,8-10,15H2,1-3H3. The van der Waals surface area contributed by atoms with Gasteiger partial charge in [0.1, 0.15) is 11.5 Å². The van der Waals surface area contributed by atoms with E-state index < -0.39 is 0 Å². The molecule has 0 aliphatic carbocycles. The first-order chi connectivity index (χ1) is 8.08. The summed E-state index contributed by atoms with van der Waals surface area (Å²) in [4.78, 5) is 2.49. The van der Waals surface area contributed by atoms with Crippen LogP contribution in [0.25, 0.3) is 0 Å². The molecule has 3 heteroatoms. The van der Waals surface area contributed by atoms with Gasteiger partial charge in [0.05, 0.1) is 6.04 Å². The van der Waals surface area contributed by atoms with Gasteiger partial charge in [-0.25, -0.2) is 0 Å². The summed E-state index contributed by atoms with van der Waals surface area (Å²) in [5.41, 5.74) is 6.19. The van der Waals surface area contributed by atoms with Crippen LogP contribution in [-0.2, 0) is 6.42 Å². The van der Waals surface area contributed by atoms with Crippen LogP contribution in [0.3, 0.4) is 0 Å². The summed E-state index contributed by atoms with van der Waals surface area (Å²) in [5, 5.41) is 0. The highest BCUT2D eigenvalue weighted by Gasteiger charge is 2.37. The van der Waals surface area contributed by atoms with E-state index in [1.165, 1.54) is 12.8 Å². The smallest absolute Gasteiger partial charge is 0.122 e. The van der Waals surface area contributed by atoms with E-state index in [0.717, 1.165) is 24.5 Å². The van der Waals surface area contributed by atoms with E-state index in [2.05, 4.69) is 37.8 Å². The lowest BCUT2D eigenvalue weighted by molar-refractivity contribution is 0.104. The molecule has 2 N–H and O–H groups in total. The Labute approximate surface area is 104 Å². The fourth-order valence-corrected chi connectivity index (χ4v) is 2.87. The predicted molar refractivity (Wildman–Crippen MR) is 69.9 cm³/mol. The van der Waals surface area contributed by atoms with Gasteiger partial charge in [-0.3, -0.25) is 4.90 Å². The molecular weight excluding hydrogens is 212 g/mol. The van der Waals surface area contributed by atoms with Crippen LogP contribution in [0.4, 0.5) is 0 Å². The molecule has 0 amide bonds. The van der Waals surface area contributed by atoms with Gasteiger partial charge in [-0.15, -0.1) is 0 Å². The Kier molecular flexibility index (Phi) is 3.59. The second kappa shape index (κ2) is 4.83. The Morgan fingerprint density at radius 3 is 2.71 bits per heavy atom. The Morgan fingerprint density at radius 1 is 1.47 bits per heavy atom. The molecule has 1 atom stereocenters. The minimum absolute atomic E-state index is 0.229. The quantitative estimate of drug-likeness (QED) is 0.874. The van der Waals surface area contributed by atoms with Crippen LogP contribution < -0.4 is 5.73 Å². The van der Waals surface area contributed by atoms with Crippen molar-refractivity contribution >= 4 is 0 Å². The minimum atomic E-state index is 0.229. The maximum atomic E-state index is 5.95. The molecule has 1 aromatic rings. The summed E-state index contributed by atoms with van der Waals surface area (Å²) in [6.07, 6.45) is 3.44. The number of rotatable bonds is 4. The molecule has 1 aliphatic heterocycles. The minimum Gasteiger partial charge on any atom is -0.464 e. The maximum absolute atomic E-state index is 5.95. The lowest BCUT2D eigenvalue weighted by Gasteiger charge is -2.36. The van der Waals surface area contributed by atoms with Crippen LogP contribution in [0, 0.1) is 0 Å². The number of hydrogen-bond donors (Lipinski definition) is 1. The number of nitrogens with zero attached hydrogens (tertiary/aromatic N) is 1. The van der Waals surface area contributed by atoms with Crippen LogP contribution in [0.2, 0.25) is 0 Å². The zero-order valence-electron chi connectivity index (χ0n) is 11.2. The topological polar surface area (TPSA) is 42.4 Å². The Balaban J connectivity index is 2.21. The molecule has 0 saturated carbocycles. The summed E-state index contributed by atoms with van der Waals surface area (Å²) in [7, 11) is 0. The van der Waals surface area contributed by atoms with Crippen LogP contribution in [-0.4, -0.2) is 23.5 Å². The van der Waals surface area contributed by atoms with Crippen LogP contribution >= 0.6 is 0 Å². The molecule has 1 unspecified atom stereocenters. The lowest BCUT2D eigenvalue weighted by Crippen LogP contribution is -2.43. The number of aryl methyl sites for hydroxylation is 1. The van der Waals surface area contributed by atoms with Gasteiger partial charge in [-0.1, -0.05) is 6.92 Å². The molecule has 1 aliphatic rings. The summed E-state index contributed by atoms with van der Waals surface area (Å²) in [6, 6.07) is 4.39. The van der Waals surface area contributed by atoms with Gasteiger partial charge in [0.2, 0.25) is 0 Å². The molecule has 1 saturated heterocycles. The van der Waals surface area contributed by atoms with Gasteiger partial charge in [-0.2, -0.15) is 0 Å². The monoisotopic (exact) mass is 236 g/mol. The first-order valence-corrected chi connectivity index (χ1v) is 6.64. The second-order valence-electron chi connectivity index (χ2n) is 5.52. The third-order valence-electron chi connectivity index (χ3n) is 3.92. The SMILES string of the molecule is CCc1ccc(C(CN)N2CCCC2(C)C)o1. The zero-order valence-corrected chi connectivity index (χ0v) is 11.2. The first-order valence-electron chi connectivity index (χ1n) is 6.64. The molecule has 0 bridgehead atoms. The maximum Gasteiger partial charge on any atom is 0.122 e. The van der Waals surface area contributed by atoms with Gasteiger partial charge in [0.15, 0.2) is 0 Å². The molecular formula is C14H24N2O. The van der Waals surface area contributed by atoms with Crippen LogP contribution in [0.1, 0.15) is 51.2 Å². The molecule has 2 rings (SSSR count). The summed E-state index contributed by atoms with van der Waals surface area (Å²) in [5.74, 6) is 2.08. The van der Waals surface area contributed by atoms with Crippen LogP contribution in [0.5, 0.6) is 0 Å². The Bertz CT molecular complexity index is 370. The van der Waals surface area contributed by atoms with Gasteiger partial charge in [-0.05, 0) is 45.4 Å². The average molecular weight is 236 g/mol. The second-order valence-corrected chi connectivity index (χ2v) is 5.52. The molecule has 1 fully saturated rings. The number of furan rings is 1. The average Bonchev–Trinajstić information content (AvgIpc) is 2.88. The summed E-state index contributed by atoms with van der Waals surface area (Å²) < 4.78 is 5.87. The normalized spacial score (nSPS) is 21.9. The molecule has 0 spiro atoms. The highest BCUT2D eigenvalue weighted by Crippen LogP contribution is 2.36. The van der Waals surface area contributed by atoms with Gasteiger partial charge in [0.25, 0.3) is 0 Å². The number of likely N-dealkylation sites (tertiary alicyclic amines) is 1. The fourth-order valence-electron chi connectivity index (χ4n) is 2.87. The van der Waals surface area contributed by atoms with Gasteiger partial charge in [0, 0.05) is 18.5 Å². The number of hydrogen-bond acceptors (Lipinski definition) is 3. The zero-order chi connectivity index (χ0) is 12.5. The fraction of sp³-hybridized carbons (Fsp3) is 0.714. The molecule has 0 aromatic carbocycles. The van der Waals surface area contributed by atoms with Crippen LogP contribution in [0.15, 0.2) is 16.5 Å². The predicted octanol–water partition coefficient (Wildman–Crippen LogP) is 2.72. The largest absolute Gasteiger partial charge is 0.464 e. The van der Waals surface area contributed by atoms with Crippen molar-refractivity contribution in [1.82, 2.24) is 4.90 Å². The summed E-state index contributed by atoms with van der Waals surface area (Å²) >= 11 is 0. The molecule has 17 heavy (non-hydrogen) atoms. The third-order valence-corrected chi connectivity index (χ3v) is 3.92. The third kappa shape index (κ3) is 2.40. The number of nitrogens with two attached hydrogens (primary N) is 1. The van der Waals surface area contributed by atoms with E-state index in [0.29, 0.717) is 6.54 Å². The van der Waals surface area contributed by atoms with E-state index in [9.17, 15) is 0 Å². The van der Waals surface area contributed by atoms with E-state index in [-0.39, 0.29) is 11.6 Å². The van der Waals surface area contributed by atoms with Gasteiger partial charge < -0.3 is 10.2 Å². The molecule has 2 heterocycles. The Hall–Kier alpha value is -0.800. The van der Waals surface area contributed by atoms with Crippen molar-refractivity contribution in [3.63, 3.8) is 0 Å². The Morgan fingerprint density at radius 2 is 2.24 bits per heavy atom. The summed E-state index contributed by atoms with van der Waals surface area (Å²) in [6.45, 7) is 8.45. The van der Waals surface area contributed by atoms with Crippen molar-refractivity contribution in [2.24, 2.45) is 5.73 Å². The molecule has 96 valence electrons. The van der Waals surface area contributed by atoms with E-state index >= 15 is 0 Å². The molecule has 3 nitrogen and oxygen atoms in total. The van der Waals surface area contributed by atoms with Crippen molar-refractivity contribution < 1.29 is 4.42 Å². The lowest BCUT2D eigenvalue weighted by atomic mass is 10.00. The van der Waals surface area contributed by atoms with Crippen molar-refractivity contribution in [2.75, 3.05) is 13.1 Å². The van der Waals surface area contributed by atoms with Crippen molar-refractivity contribution in [2.45, 2.75) is 51.6 Å². The van der Waals surface area contributed by atoms with Crippen molar-refractivity contribution in [3.8, 4) is 0 Å². The van der Waals surface area contributed by atoms with Crippen molar-refractivity contribution in [3.05, 3.63) is 23.7 Å². The van der Waals surface area contributed by atoms with E-state index in [1.807, 2.05) is 0 Å². The van der Waals surface area contributed by atoms with Crippen molar-refractivity contribution in [1.29, 1.82) is 0 Å². The van der Waals surface area contributed by atoms with E-state index in [1.54, 1.807) is 0 Å².